The quantitative estimate of drug-likeness (QED) is 0.0641. The highest BCUT2D eigenvalue weighted by Crippen LogP contribution is 2.32. The third kappa shape index (κ3) is 19.1. The molecule has 9 rings (SSSR count). The number of nitrogens with zero attached hydrogens (tertiary/aromatic N) is 2. The van der Waals surface area contributed by atoms with Gasteiger partial charge in [-0.2, -0.15) is 23.5 Å². The fraction of sp³-hybridized carbons (Fsp3) is 0.472. The number of H-pyrrole nitrogens is 2. The van der Waals surface area contributed by atoms with Gasteiger partial charge in [-0.25, -0.2) is 8.78 Å². The molecule has 100 heavy (non-hydrogen) atoms. The molecule has 0 saturated carbocycles. The number of ether oxygens (including phenoxy) is 1. The van der Waals surface area contributed by atoms with Crippen molar-refractivity contribution < 1.29 is 61.5 Å². The van der Waals surface area contributed by atoms with Crippen LogP contribution >= 0.6 is 23.5 Å². The fourth-order valence-corrected chi connectivity index (χ4v) is 15.0. The van der Waals surface area contributed by atoms with Crippen molar-refractivity contribution in [1.82, 2.24) is 57.0 Å². The van der Waals surface area contributed by atoms with Crippen molar-refractivity contribution in [3.63, 3.8) is 0 Å². The molecule has 24 nitrogen and oxygen atoms in total. The molecule has 10 atom stereocenters. The van der Waals surface area contributed by atoms with Crippen LogP contribution in [0, 0.1) is 17.6 Å². The number of fused-ring (bicyclic) bond motifs is 6. The van der Waals surface area contributed by atoms with Gasteiger partial charge in [0, 0.05) is 96.0 Å². The lowest BCUT2D eigenvalue weighted by molar-refractivity contribution is -0.147. The number of aromatic nitrogens is 2. The zero-order chi connectivity index (χ0) is 71.8. The number of aromatic amines is 2. The van der Waals surface area contributed by atoms with E-state index in [4.69, 9.17) is 16.2 Å². The Morgan fingerprint density at radius 3 is 1.94 bits per heavy atom. The molecule has 3 aliphatic heterocycles. The maximum atomic E-state index is 15.5. The van der Waals surface area contributed by atoms with Crippen LogP contribution in [0.1, 0.15) is 113 Å². The maximum Gasteiger partial charge on any atom is 0.246 e. The Kier molecular flexibility index (Phi) is 26.2. The zero-order valence-electron chi connectivity index (χ0n) is 57.0. The second-order valence-electron chi connectivity index (χ2n) is 26.3. The van der Waals surface area contributed by atoms with Crippen LogP contribution in [0.25, 0.3) is 21.8 Å². The molecule has 5 heterocycles. The molecule has 6 aromatic rings. The molecule has 3 aliphatic rings. The third-order valence-corrected chi connectivity index (χ3v) is 21.2. The SMILES string of the molecule is CC[C@H](C)[C@@H]1NC(=O)[C@@H]2CCCN2C(=O)[C@H](Cc2c[nH]c3ccc(F)cc23)NC(=O)[C@H](Cc2c[nH]c3ccc(F)cc23)NC(=O)[C@@H](C)NC(=O)[C@H](CCCCN)NC(=O)CCSCc2cccc(c2)CSC[C@@H](C(N)=O)NC(=O)[C@]2(C)CCCN2C(=O)[C@H](Cc2ccc(OC)cc2)NC1=O. The molecule has 28 heteroatoms. The van der Waals surface area contributed by atoms with Crippen LogP contribution in [-0.2, 0) is 78.7 Å². The maximum absolute atomic E-state index is 15.5. The predicted octanol–water partition coefficient (Wildman–Crippen LogP) is 4.98. The van der Waals surface area contributed by atoms with E-state index in [1.165, 1.54) is 83.8 Å². The summed E-state index contributed by atoms with van der Waals surface area (Å²) >= 11 is 2.87. The second kappa shape index (κ2) is 34.8. The van der Waals surface area contributed by atoms with Gasteiger partial charge in [0.15, 0.2) is 0 Å². The number of nitrogens with one attached hydrogen (secondary N) is 9. The lowest BCUT2D eigenvalue weighted by Crippen LogP contribution is -2.63. The van der Waals surface area contributed by atoms with E-state index in [1.807, 2.05) is 31.2 Å². The van der Waals surface area contributed by atoms with Crippen LogP contribution in [0.15, 0.2) is 97.3 Å². The average Bonchev–Trinajstić information content (AvgIpc) is 1.45. The Morgan fingerprint density at radius 1 is 0.680 bits per heavy atom. The number of nitrogens with two attached hydrogens (primary N) is 2. The van der Waals surface area contributed by atoms with Gasteiger partial charge in [-0.05, 0) is 148 Å². The highest BCUT2D eigenvalue weighted by molar-refractivity contribution is 7.98. The Balaban J connectivity index is 1.05. The Bertz CT molecular complexity index is 3950. The van der Waals surface area contributed by atoms with Gasteiger partial charge in [-0.15, -0.1) is 0 Å². The van der Waals surface area contributed by atoms with Crippen molar-refractivity contribution in [2.45, 2.75) is 170 Å². The van der Waals surface area contributed by atoms with Gasteiger partial charge in [-0.1, -0.05) is 56.7 Å². The largest absolute Gasteiger partial charge is 0.497 e. The standard InChI is InChI=1S/C72H91F2N13O11S2/c1-6-41(2)62-68(94)83-57(31-43-16-20-50(98-5)21-17-43)70(96)87-28-11-25-72(87,4)71(97)84-59(63(76)89)40-100-39-45-13-9-12-44(30-45)38-99-29-24-61(88)80-55(14-7-8-26-75)65(91)79-42(3)64(90)81-56(32-46-36-77-53-22-18-48(73)34-51(46)53)66(92)82-58(69(95)86-27-10-15-60(86)67(93)85-62)33-47-37-78-54-23-19-49(74)35-52(47)54/h9,12-13,16-23,30,34-37,41-42,55-60,62,77-78H,6-8,10-11,14-15,24-29,31-33,38-40,75H2,1-5H3,(H2,76,89)(H,79,91)(H,80,88)(H,81,90)(H,82,92)(H,83,94)(H,84,97)(H,85,93)/t41-,42+,55-,56-,57-,58-,59-,60-,62-,72-/m0/s1. The normalized spacial score (nSPS) is 24.6. The highest BCUT2D eigenvalue weighted by atomic mass is 32.2. The van der Waals surface area contributed by atoms with E-state index >= 15 is 28.4 Å². The van der Waals surface area contributed by atoms with Crippen LogP contribution in [0.2, 0.25) is 0 Å². The van der Waals surface area contributed by atoms with Crippen LogP contribution in [0.4, 0.5) is 8.78 Å². The summed E-state index contributed by atoms with van der Waals surface area (Å²) in [5.74, 6) is -6.70. The number of amides is 10. The van der Waals surface area contributed by atoms with E-state index in [1.54, 1.807) is 50.5 Å². The minimum absolute atomic E-state index is 0.0187. The Hall–Kier alpha value is -9.02. The first kappa shape index (κ1) is 75.2. The number of hydrogen-bond donors (Lipinski definition) is 11. The van der Waals surface area contributed by atoms with Crippen molar-refractivity contribution in [3.8, 4) is 5.75 Å². The Morgan fingerprint density at radius 2 is 1.30 bits per heavy atom. The van der Waals surface area contributed by atoms with Gasteiger partial charge in [0.1, 0.15) is 71.3 Å². The van der Waals surface area contributed by atoms with Crippen molar-refractivity contribution in [2.24, 2.45) is 17.4 Å². The monoisotopic (exact) mass is 1420 g/mol. The molecule has 13 N–H and O–H groups in total. The molecule has 0 aliphatic carbocycles. The predicted molar refractivity (Wildman–Crippen MR) is 379 cm³/mol. The number of primary amides is 1. The summed E-state index contributed by atoms with van der Waals surface area (Å²) in [6.07, 6.45) is 5.19. The van der Waals surface area contributed by atoms with Crippen LogP contribution in [0.5, 0.6) is 5.75 Å². The molecular formula is C72H91F2N13O11S2. The molecule has 536 valence electrons. The number of rotatable bonds is 14. The number of hydrogen-bond acceptors (Lipinski definition) is 14. The summed E-state index contributed by atoms with van der Waals surface area (Å²) in [7, 11) is 1.51. The van der Waals surface area contributed by atoms with Gasteiger partial charge >= 0.3 is 0 Å². The first-order valence-electron chi connectivity index (χ1n) is 34.1. The van der Waals surface area contributed by atoms with E-state index in [-0.39, 0.29) is 63.8 Å². The first-order chi connectivity index (χ1) is 48.0. The number of thioether (sulfide) groups is 2. The molecule has 2 fully saturated rings. The first-order valence-corrected chi connectivity index (χ1v) is 36.4. The number of halogens is 2. The van der Waals surface area contributed by atoms with E-state index in [9.17, 15) is 28.4 Å². The van der Waals surface area contributed by atoms with Crippen LogP contribution in [0.3, 0.4) is 0 Å². The summed E-state index contributed by atoms with van der Waals surface area (Å²) in [6.45, 7) is 7.06. The molecule has 0 spiro atoms. The fourth-order valence-electron chi connectivity index (χ4n) is 13.1. The lowest BCUT2D eigenvalue weighted by atomic mass is 9.94. The minimum Gasteiger partial charge on any atom is -0.497 e. The summed E-state index contributed by atoms with van der Waals surface area (Å²) in [6, 6.07) is 12.4. The molecular weight excluding hydrogens is 1330 g/mol. The summed E-state index contributed by atoms with van der Waals surface area (Å²) in [5, 5.41) is 20.6. The number of benzene rings is 4. The molecule has 0 unspecified atom stereocenters. The topological polar surface area (TPSA) is 354 Å². The van der Waals surface area contributed by atoms with Gasteiger partial charge in [0.05, 0.1) is 7.11 Å². The number of unbranched alkanes of at least 4 members (excludes halogenated alkanes) is 1. The van der Waals surface area contributed by atoms with E-state index < -0.39 is 130 Å². The van der Waals surface area contributed by atoms with Gasteiger partial charge in [0.2, 0.25) is 59.1 Å². The van der Waals surface area contributed by atoms with E-state index in [0.29, 0.717) is 100 Å². The minimum atomic E-state index is -1.52. The lowest BCUT2D eigenvalue weighted by Gasteiger charge is -2.37. The van der Waals surface area contributed by atoms with Crippen molar-refractivity contribution in [2.75, 3.05) is 38.2 Å². The number of carbonyl (C=O) groups excluding carboxylic acids is 10. The molecule has 4 aromatic carbocycles. The second-order valence-corrected chi connectivity index (χ2v) is 28.4. The molecule has 10 amide bonds. The zero-order valence-corrected chi connectivity index (χ0v) is 58.6. The smallest absolute Gasteiger partial charge is 0.246 e. The van der Waals surface area contributed by atoms with Crippen molar-refractivity contribution >= 4 is 104 Å². The third-order valence-electron chi connectivity index (χ3n) is 19.1. The number of methoxy groups -OCH3 is 1. The molecule has 2 saturated heterocycles. The van der Waals surface area contributed by atoms with Crippen LogP contribution in [-0.4, -0.2) is 171 Å². The van der Waals surface area contributed by atoms with Gasteiger partial charge in [-0.3, -0.25) is 47.9 Å². The Labute approximate surface area is 588 Å². The summed E-state index contributed by atoms with van der Waals surface area (Å²) in [4.78, 5) is 155. The highest BCUT2D eigenvalue weighted by Gasteiger charge is 2.49. The summed E-state index contributed by atoms with van der Waals surface area (Å²) in [5.41, 5.74) is 14.6. The van der Waals surface area contributed by atoms with E-state index in [0.717, 1.165) is 11.1 Å². The average molecular weight is 1420 g/mol. The molecule has 2 aromatic heterocycles. The van der Waals surface area contributed by atoms with Crippen molar-refractivity contribution in [1.29, 1.82) is 0 Å². The van der Waals surface area contributed by atoms with Gasteiger partial charge < -0.3 is 73.2 Å². The molecule has 0 radical (unpaired) electrons. The van der Waals surface area contributed by atoms with E-state index in [2.05, 4.69) is 47.2 Å². The van der Waals surface area contributed by atoms with Crippen LogP contribution < -0.4 is 53.4 Å². The number of carbonyl (C=O) groups is 10. The van der Waals surface area contributed by atoms with Gasteiger partial charge in [0.25, 0.3) is 0 Å². The summed E-state index contributed by atoms with van der Waals surface area (Å²) < 4.78 is 35.4. The molecule has 2 bridgehead atoms. The van der Waals surface area contributed by atoms with Crippen molar-refractivity contribution in [3.05, 3.63) is 137 Å².